The van der Waals surface area contributed by atoms with E-state index >= 15 is 0 Å². The van der Waals surface area contributed by atoms with Gasteiger partial charge in [-0.15, -0.1) is 0 Å². The first kappa shape index (κ1) is 21.1. The lowest BCUT2D eigenvalue weighted by Crippen LogP contribution is -2.38. The van der Waals surface area contributed by atoms with E-state index in [0.717, 1.165) is 18.4 Å². The Labute approximate surface area is 149 Å². The van der Waals surface area contributed by atoms with Crippen LogP contribution in [0.3, 0.4) is 0 Å². The van der Waals surface area contributed by atoms with Gasteiger partial charge < -0.3 is 10.1 Å². The third-order valence-electron chi connectivity index (χ3n) is 3.75. The molecular weight excluding hydrogens is 344 g/mol. The molecule has 0 bridgehead atoms. The van der Waals surface area contributed by atoms with Gasteiger partial charge in [0.1, 0.15) is 6.54 Å². The average molecular weight is 370 g/mol. The van der Waals surface area contributed by atoms with Gasteiger partial charge in [-0.3, -0.25) is 9.59 Å². The Morgan fingerprint density at radius 3 is 2.40 bits per heavy atom. The largest absolute Gasteiger partial charge is 0.455 e. The highest BCUT2D eigenvalue weighted by Crippen LogP contribution is 2.16. The standard InChI is InChI=1S/C17H26N2O5S/c1-5-14(6-2)19-16(20)11-24-17(21)10-18-25(22,23)15-9-12(3)7-8-13(15)4/h7-9,14,18H,5-6,10-11H2,1-4H3,(H,19,20). The molecule has 140 valence electrons. The number of nitrogens with one attached hydrogen (secondary N) is 2. The number of esters is 1. The summed E-state index contributed by atoms with van der Waals surface area (Å²) in [5.74, 6) is -1.21. The summed E-state index contributed by atoms with van der Waals surface area (Å²) in [7, 11) is -3.83. The summed E-state index contributed by atoms with van der Waals surface area (Å²) in [6, 6.07) is 5.08. The molecule has 0 spiro atoms. The van der Waals surface area contributed by atoms with E-state index in [2.05, 4.69) is 10.0 Å². The van der Waals surface area contributed by atoms with E-state index in [9.17, 15) is 18.0 Å². The lowest BCUT2D eigenvalue weighted by molar-refractivity contribution is -0.147. The van der Waals surface area contributed by atoms with Crippen LogP contribution >= 0.6 is 0 Å². The predicted molar refractivity (Wildman–Crippen MR) is 94.6 cm³/mol. The normalized spacial score (nSPS) is 11.4. The molecule has 0 saturated heterocycles. The van der Waals surface area contributed by atoms with Crippen molar-refractivity contribution in [1.29, 1.82) is 0 Å². The molecule has 7 nitrogen and oxygen atoms in total. The number of amides is 1. The topological polar surface area (TPSA) is 102 Å². The third kappa shape index (κ3) is 6.83. The van der Waals surface area contributed by atoms with E-state index < -0.39 is 35.1 Å². The first-order valence-corrected chi connectivity index (χ1v) is 9.69. The molecule has 0 aromatic heterocycles. The monoisotopic (exact) mass is 370 g/mol. The van der Waals surface area contributed by atoms with Gasteiger partial charge >= 0.3 is 5.97 Å². The number of carbonyl (C=O) groups excluding carboxylic acids is 2. The van der Waals surface area contributed by atoms with Crippen molar-refractivity contribution in [2.45, 2.75) is 51.5 Å². The van der Waals surface area contributed by atoms with Crippen LogP contribution in [0.2, 0.25) is 0 Å². The first-order valence-electron chi connectivity index (χ1n) is 8.21. The van der Waals surface area contributed by atoms with Gasteiger partial charge in [-0.05, 0) is 43.9 Å². The van der Waals surface area contributed by atoms with Crippen LogP contribution in [0.25, 0.3) is 0 Å². The van der Waals surface area contributed by atoms with Crippen molar-refractivity contribution in [2.24, 2.45) is 0 Å². The van der Waals surface area contributed by atoms with Gasteiger partial charge in [0.05, 0.1) is 4.90 Å². The van der Waals surface area contributed by atoms with Crippen LogP contribution < -0.4 is 10.0 Å². The molecule has 0 fully saturated rings. The van der Waals surface area contributed by atoms with Crippen LogP contribution in [0.1, 0.15) is 37.8 Å². The van der Waals surface area contributed by atoms with Crippen LogP contribution in [-0.4, -0.2) is 39.5 Å². The smallest absolute Gasteiger partial charge is 0.321 e. The molecule has 0 unspecified atom stereocenters. The number of aryl methyl sites for hydroxylation is 2. The summed E-state index contributed by atoms with van der Waals surface area (Å²) in [4.78, 5) is 23.4. The maximum Gasteiger partial charge on any atom is 0.321 e. The van der Waals surface area contributed by atoms with Gasteiger partial charge in [0.25, 0.3) is 5.91 Å². The fourth-order valence-corrected chi connectivity index (χ4v) is 3.48. The minimum atomic E-state index is -3.83. The zero-order chi connectivity index (χ0) is 19.0. The number of rotatable bonds is 9. The van der Waals surface area contributed by atoms with Crippen LogP contribution in [0.15, 0.2) is 23.1 Å². The molecule has 0 heterocycles. The SMILES string of the molecule is CCC(CC)NC(=O)COC(=O)CNS(=O)(=O)c1cc(C)ccc1C. The van der Waals surface area contributed by atoms with Gasteiger partial charge in [-0.1, -0.05) is 26.0 Å². The summed E-state index contributed by atoms with van der Waals surface area (Å²) < 4.78 is 31.5. The Morgan fingerprint density at radius 2 is 1.80 bits per heavy atom. The maximum absolute atomic E-state index is 12.3. The summed E-state index contributed by atoms with van der Waals surface area (Å²) in [6.45, 7) is 6.39. The summed E-state index contributed by atoms with van der Waals surface area (Å²) >= 11 is 0. The number of hydrogen-bond acceptors (Lipinski definition) is 5. The highest BCUT2D eigenvalue weighted by atomic mass is 32.2. The minimum absolute atomic E-state index is 0.0361. The molecule has 1 amide bonds. The van der Waals surface area contributed by atoms with E-state index in [0.29, 0.717) is 5.56 Å². The van der Waals surface area contributed by atoms with Crippen LogP contribution in [-0.2, 0) is 24.3 Å². The number of hydrogen-bond donors (Lipinski definition) is 2. The van der Waals surface area contributed by atoms with E-state index in [1.54, 1.807) is 26.0 Å². The Bertz CT molecular complexity index is 712. The Balaban J connectivity index is 2.53. The molecule has 0 aliphatic heterocycles. The predicted octanol–water partition coefficient (Wildman–Crippen LogP) is 1.43. The number of carbonyl (C=O) groups is 2. The fourth-order valence-electron chi connectivity index (χ4n) is 2.19. The van der Waals surface area contributed by atoms with Crippen molar-refractivity contribution < 1.29 is 22.7 Å². The van der Waals surface area contributed by atoms with E-state index in [1.165, 1.54) is 6.07 Å². The number of ether oxygens (including phenoxy) is 1. The highest BCUT2D eigenvalue weighted by molar-refractivity contribution is 7.89. The lowest BCUT2D eigenvalue weighted by atomic mass is 10.2. The molecule has 0 radical (unpaired) electrons. The van der Waals surface area contributed by atoms with Crippen molar-refractivity contribution in [2.75, 3.05) is 13.2 Å². The first-order chi connectivity index (χ1) is 11.7. The second-order valence-electron chi connectivity index (χ2n) is 5.84. The molecule has 0 aliphatic rings. The Morgan fingerprint density at radius 1 is 1.16 bits per heavy atom. The van der Waals surface area contributed by atoms with Gasteiger partial charge in [0.2, 0.25) is 10.0 Å². The minimum Gasteiger partial charge on any atom is -0.455 e. The number of sulfonamides is 1. The van der Waals surface area contributed by atoms with Crippen molar-refractivity contribution in [3.8, 4) is 0 Å². The average Bonchev–Trinajstić information content (AvgIpc) is 2.58. The second kappa shape index (κ2) is 9.53. The van der Waals surface area contributed by atoms with Crippen LogP contribution in [0.5, 0.6) is 0 Å². The van der Waals surface area contributed by atoms with Crippen LogP contribution in [0, 0.1) is 13.8 Å². The van der Waals surface area contributed by atoms with E-state index in [-0.39, 0.29) is 10.9 Å². The zero-order valence-electron chi connectivity index (χ0n) is 15.1. The van der Waals surface area contributed by atoms with E-state index in [4.69, 9.17) is 4.74 Å². The van der Waals surface area contributed by atoms with Crippen molar-refractivity contribution in [3.63, 3.8) is 0 Å². The second-order valence-corrected chi connectivity index (χ2v) is 7.57. The molecule has 0 aliphatic carbocycles. The van der Waals surface area contributed by atoms with Gasteiger partial charge in [0.15, 0.2) is 6.61 Å². The zero-order valence-corrected chi connectivity index (χ0v) is 15.9. The third-order valence-corrected chi connectivity index (χ3v) is 5.30. The fraction of sp³-hybridized carbons (Fsp3) is 0.529. The summed E-state index contributed by atoms with van der Waals surface area (Å²) in [6.07, 6.45) is 1.57. The number of benzene rings is 1. The maximum atomic E-state index is 12.3. The van der Waals surface area contributed by atoms with Gasteiger partial charge in [-0.25, -0.2) is 8.42 Å². The van der Waals surface area contributed by atoms with Crippen molar-refractivity contribution >= 4 is 21.9 Å². The molecule has 1 aromatic carbocycles. The molecule has 0 saturated carbocycles. The molecule has 25 heavy (non-hydrogen) atoms. The van der Waals surface area contributed by atoms with Gasteiger partial charge in [-0.2, -0.15) is 4.72 Å². The highest BCUT2D eigenvalue weighted by Gasteiger charge is 2.19. The van der Waals surface area contributed by atoms with Crippen molar-refractivity contribution in [3.05, 3.63) is 29.3 Å². The molecule has 1 aromatic rings. The Hall–Kier alpha value is -1.93. The summed E-state index contributed by atoms with van der Waals surface area (Å²) in [5.41, 5.74) is 1.38. The molecule has 8 heteroatoms. The van der Waals surface area contributed by atoms with Crippen molar-refractivity contribution in [1.82, 2.24) is 10.0 Å². The molecule has 1 rings (SSSR count). The quantitative estimate of drug-likeness (QED) is 0.640. The molecule has 2 N–H and O–H groups in total. The van der Waals surface area contributed by atoms with Gasteiger partial charge in [0, 0.05) is 6.04 Å². The van der Waals surface area contributed by atoms with E-state index in [1.807, 2.05) is 13.8 Å². The molecule has 0 atom stereocenters. The summed E-state index contributed by atoms with van der Waals surface area (Å²) in [5, 5.41) is 2.73. The lowest BCUT2D eigenvalue weighted by Gasteiger charge is -2.14. The molecular formula is C17H26N2O5S. The van der Waals surface area contributed by atoms with Crippen LogP contribution in [0.4, 0.5) is 0 Å². The Kier molecular flexibility index (Phi) is 8.05.